The fourth-order valence-corrected chi connectivity index (χ4v) is 2.37. The lowest BCUT2D eigenvalue weighted by atomic mass is 10.1. The van der Waals surface area contributed by atoms with E-state index in [-0.39, 0.29) is 6.42 Å². The van der Waals surface area contributed by atoms with E-state index >= 15 is 0 Å². The van der Waals surface area contributed by atoms with Gasteiger partial charge in [0.2, 0.25) is 23.6 Å². The lowest BCUT2D eigenvalue weighted by molar-refractivity contribution is -0.143. The molecule has 0 saturated heterocycles. The predicted molar refractivity (Wildman–Crippen MR) is 106 cm³/mol. The molecule has 0 aromatic carbocycles. The van der Waals surface area contributed by atoms with Crippen LogP contribution < -0.4 is 27.4 Å². The van der Waals surface area contributed by atoms with E-state index < -0.39 is 98.0 Å². The van der Waals surface area contributed by atoms with Crippen molar-refractivity contribution >= 4 is 41.5 Å². The van der Waals surface area contributed by atoms with Crippen LogP contribution >= 0.6 is 0 Å². The maximum absolute atomic E-state index is 12.6. The Labute approximate surface area is 186 Å². The normalized spacial score (nSPS) is 14.1. The van der Waals surface area contributed by atoms with Crippen LogP contribution in [0.4, 0.5) is 0 Å². The van der Waals surface area contributed by atoms with Crippen LogP contribution in [0.25, 0.3) is 0 Å². The van der Waals surface area contributed by atoms with Crippen molar-refractivity contribution in [3.8, 4) is 0 Å². The maximum Gasteiger partial charge on any atom is 0.328 e. The number of rotatable bonds is 16. The number of primary amides is 1. The molecular weight excluding hydrogens is 450 g/mol. The summed E-state index contributed by atoms with van der Waals surface area (Å²) in [5.74, 6) is -8.48. The number of hydrogen-bond donors (Lipinski definition) is 9. The van der Waals surface area contributed by atoms with E-state index in [2.05, 4.69) is 10.6 Å². The molecule has 186 valence electrons. The predicted octanol–water partition coefficient (Wildman–Crippen LogP) is -4.55. The van der Waals surface area contributed by atoms with Gasteiger partial charge in [-0.3, -0.25) is 28.8 Å². The summed E-state index contributed by atoms with van der Waals surface area (Å²) < 4.78 is 0. The van der Waals surface area contributed by atoms with Gasteiger partial charge in [-0.25, -0.2) is 4.79 Å². The molecule has 0 rings (SSSR count). The van der Waals surface area contributed by atoms with Crippen molar-refractivity contribution in [3.05, 3.63) is 0 Å². The highest BCUT2D eigenvalue weighted by atomic mass is 16.4. The fourth-order valence-electron chi connectivity index (χ4n) is 2.37. The third-order valence-corrected chi connectivity index (χ3v) is 4.12. The summed E-state index contributed by atoms with van der Waals surface area (Å²) in [6.45, 7) is -0.996. The summed E-state index contributed by atoms with van der Waals surface area (Å²) in [5, 5.41) is 41.5. The van der Waals surface area contributed by atoms with Gasteiger partial charge in [0.1, 0.15) is 18.1 Å². The average Bonchev–Trinajstić information content (AvgIpc) is 2.71. The first-order valence-electron chi connectivity index (χ1n) is 9.50. The van der Waals surface area contributed by atoms with Crippen molar-refractivity contribution in [1.29, 1.82) is 0 Å². The highest BCUT2D eigenvalue weighted by Crippen LogP contribution is 2.04. The molecule has 0 heterocycles. The molecule has 0 radical (unpaired) electrons. The fraction of sp³-hybridized carbons (Fsp3) is 0.588. The molecule has 11 N–H and O–H groups in total. The number of aliphatic carboxylic acids is 3. The number of nitrogens with two attached hydrogens (primary N) is 2. The lowest BCUT2D eigenvalue weighted by Crippen LogP contribution is -2.58. The molecule has 0 saturated carbocycles. The molecule has 0 aromatic rings. The topological polar surface area (TPSA) is 289 Å². The highest BCUT2D eigenvalue weighted by molar-refractivity contribution is 5.96. The second-order valence-corrected chi connectivity index (χ2v) is 6.85. The molecule has 0 fully saturated rings. The summed E-state index contributed by atoms with van der Waals surface area (Å²) >= 11 is 0. The molecule has 33 heavy (non-hydrogen) atoms. The van der Waals surface area contributed by atoms with Crippen molar-refractivity contribution in [2.24, 2.45) is 11.5 Å². The average molecular weight is 477 g/mol. The number of carbonyl (C=O) groups excluding carboxylic acids is 4. The Morgan fingerprint density at radius 2 is 1.15 bits per heavy atom. The molecule has 16 heteroatoms. The van der Waals surface area contributed by atoms with Gasteiger partial charge < -0.3 is 47.8 Å². The molecule has 0 aromatic heterocycles. The van der Waals surface area contributed by atoms with Crippen molar-refractivity contribution in [2.75, 3.05) is 6.61 Å². The number of nitrogens with one attached hydrogen (secondary N) is 3. The number of carbonyl (C=O) groups is 7. The number of amides is 4. The smallest absolute Gasteiger partial charge is 0.328 e. The Kier molecular flexibility index (Phi) is 12.7. The van der Waals surface area contributed by atoms with Gasteiger partial charge in [0.25, 0.3) is 0 Å². The Bertz CT molecular complexity index is 772. The molecule has 16 nitrogen and oxygen atoms in total. The quantitative estimate of drug-likeness (QED) is 0.101. The molecule has 4 atom stereocenters. The molecule has 4 unspecified atom stereocenters. The Morgan fingerprint density at radius 3 is 1.61 bits per heavy atom. The molecule has 0 aliphatic heterocycles. The van der Waals surface area contributed by atoms with Crippen molar-refractivity contribution in [2.45, 2.75) is 56.3 Å². The number of hydrogen-bond acceptors (Lipinski definition) is 9. The minimum Gasteiger partial charge on any atom is -0.481 e. The minimum atomic E-state index is -1.75. The van der Waals surface area contributed by atoms with Gasteiger partial charge in [-0.2, -0.15) is 0 Å². The van der Waals surface area contributed by atoms with Gasteiger partial charge >= 0.3 is 17.9 Å². The van der Waals surface area contributed by atoms with Gasteiger partial charge in [0.15, 0.2) is 0 Å². The van der Waals surface area contributed by atoms with Gasteiger partial charge in [-0.1, -0.05) is 0 Å². The summed E-state index contributed by atoms with van der Waals surface area (Å²) in [6, 6.07) is -6.36. The van der Waals surface area contributed by atoms with Crippen molar-refractivity contribution in [3.63, 3.8) is 0 Å². The standard InChI is InChI=1S/C17H27N5O11/c18-7(1-3-12(25)26)14(29)20-8(2-4-13(27)28)15(30)21-9(5-11(19)24)16(31)22-10(6-23)17(32)33/h7-10,23H,1-6,18H2,(H2,19,24)(H,20,29)(H,21,30)(H,22,31)(H,25,26)(H,27,28)(H,32,33). The van der Waals surface area contributed by atoms with Crippen LogP contribution in [0.5, 0.6) is 0 Å². The zero-order valence-corrected chi connectivity index (χ0v) is 17.4. The number of carboxylic acid groups (broad SMARTS) is 3. The Hall–Kier alpha value is -3.79. The summed E-state index contributed by atoms with van der Waals surface area (Å²) in [5.41, 5.74) is 10.6. The van der Waals surface area contributed by atoms with E-state index in [0.29, 0.717) is 0 Å². The zero-order chi connectivity index (χ0) is 25.7. The second kappa shape index (κ2) is 14.3. The molecule has 4 amide bonds. The molecule has 0 bridgehead atoms. The first kappa shape index (κ1) is 29.2. The highest BCUT2D eigenvalue weighted by Gasteiger charge is 2.31. The summed E-state index contributed by atoms with van der Waals surface area (Å²) in [7, 11) is 0. The molecule has 0 aliphatic carbocycles. The van der Waals surface area contributed by atoms with E-state index in [1.165, 1.54) is 0 Å². The third-order valence-electron chi connectivity index (χ3n) is 4.12. The SMILES string of the molecule is NC(=O)CC(NC(=O)C(CCC(=O)O)NC(=O)C(N)CCC(=O)O)C(=O)NC(CO)C(=O)O. The summed E-state index contributed by atoms with van der Waals surface area (Å²) in [6.07, 6.45) is -2.57. The Morgan fingerprint density at radius 1 is 0.697 bits per heavy atom. The van der Waals surface area contributed by atoms with Crippen LogP contribution in [0.3, 0.4) is 0 Å². The first-order valence-corrected chi connectivity index (χ1v) is 9.50. The van der Waals surface area contributed by atoms with E-state index in [1.54, 1.807) is 0 Å². The first-order chi connectivity index (χ1) is 15.3. The molecular formula is C17H27N5O11. The lowest BCUT2D eigenvalue weighted by Gasteiger charge is -2.24. The third kappa shape index (κ3) is 12.0. The number of aliphatic hydroxyl groups is 1. The van der Waals surface area contributed by atoms with Gasteiger partial charge in [-0.15, -0.1) is 0 Å². The van der Waals surface area contributed by atoms with Crippen LogP contribution in [0.2, 0.25) is 0 Å². The largest absolute Gasteiger partial charge is 0.481 e. The van der Waals surface area contributed by atoms with Crippen molar-refractivity contribution < 1.29 is 54.0 Å². The van der Waals surface area contributed by atoms with E-state index in [0.717, 1.165) is 0 Å². The molecule has 0 aliphatic rings. The number of aliphatic hydroxyl groups excluding tert-OH is 1. The van der Waals surface area contributed by atoms with Crippen molar-refractivity contribution in [1.82, 2.24) is 16.0 Å². The Balaban J connectivity index is 5.48. The maximum atomic E-state index is 12.6. The monoisotopic (exact) mass is 477 g/mol. The van der Waals surface area contributed by atoms with Gasteiger partial charge in [0.05, 0.1) is 19.1 Å². The van der Waals surface area contributed by atoms with E-state index in [1.807, 2.05) is 5.32 Å². The van der Waals surface area contributed by atoms with Crippen LogP contribution in [-0.4, -0.2) is 92.7 Å². The van der Waals surface area contributed by atoms with Crippen LogP contribution in [0.15, 0.2) is 0 Å². The van der Waals surface area contributed by atoms with Gasteiger partial charge in [0, 0.05) is 12.8 Å². The van der Waals surface area contributed by atoms with Crippen LogP contribution in [0.1, 0.15) is 32.1 Å². The van der Waals surface area contributed by atoms with E-state index in [4.69, 9.17) is 31.9 Å². The second-order valence-electron chi connectivity index (χ2n) is 6.85. The summed E-state index contributed by atoms with van der Waals surface area (Å²) in [4.78, 5) is 80.8. The van der Waals surface area contributed by atoms with E-state index in [9.17, 15) is 33.6 Å². The van der Waals surface area contributed by atoms with Crippen LogP contribution in [0, 0.1) is 0 Å². The van der Waals surface area contributed by atoms with Gasteiger partial charge in [-0.05, 0) is 12.8 Å². The molecule has 0 spiro atoms. The number of carboxylic acids is 3. The van der Waals surface area contributed by atoms with Crippen LogP contribution in [-0.2, 0) is 33.6 Å². The minimum absolute atomic E-state index is 0.279. The zero-order valence-electron chi connectivity index (χ0n) is 17.4.